The molecule has 140 valence electrons. The molecule has 1 saturated carbocycles. The largest absolute Gasteiger partial charge is 0.481 e. The Labute approximate surface area is 147 Å². The van der Waals surface area contributed by atoms with E-state index in [1.165, 1.54) is 24.0 Å². The van der Waals surface area contributed by atoms with Gasteiger partial charge in [0.15, 0.2) is 0 Å². The highest BCUT2D eigenvalue weighted by Gasteiger charge is 2.39. The number of carboxylic acids is 1. The van der Waals surface area contributed by atoms with Gasteiger partial charge in [-0.2, -0.15) is 13.2 Å². The topological polar surface area (TPSA) is 75.4 Å². The standard InChI is InChI=1S/C17H18F3N3O3/c1-10(15(25)26)8-22(11-6-7-11)14(24)9-23-13-5-3-2-4-12(13)21-16(23)17(18,19)20/h2-5,10-11H,6-9H2,1H3,(H,25,26). The first kappa shape index (κ1) is 18.2. The second-order valence-electron chi connectivity index (χ2n) is 6.52. The fourth-order valence-corrected chi connectivity index (χ4v) is 2.89. The summed E-state index contributed by atoms with van der Waals surface area (Å²) in [6.07, 6.45) is -3.23. The molecule has 1 unspecified atom stereocenters. The van der Waals surface area contributed by atoms with Crippen LogP contribution in [-0.4, -0.2) is 44.0 Å². The number of benzene rings is 1. The monoisotopic (exact) mass is 369 g/mol. The number of halogens is 3. The highest BCUT2D eigenvalue weighted by molar-refractivity contribution is 5.82. The summed E-state index contributed by atoms with van der Waals surface area (Å²) in [6, 6.07) is 5.99. The summed E-state index contributed by atoms with van der Waals surface area (Å²) in [7, 11) is 0. The van der Waals surface area contributed by atoms with Gasteiger partial charge in [-0.15, -0.1) is 0 Å². The van der Waals surface area contributed by atoms with Gasteiger partial charge in [0, 0.05) is 12.6 Å². The lowest BCUT2D eigenvalue weighted by atomic mass is 10.1. The molecule has 1 atom stereocenters. The number of carbonyl (C=O) groups is 2. The molecule has 1 fully saturated rings. The van der Waals surface area contributed by atoms with Gasteiger partial charge >= 0.3 is 12.1 Å². The third-order valence-electron chi connectivity index (χ3n) is 4.40. The predicted molar refractivity (Wildman–Crippen MR) is 86.3 cm³/mol. The van der Waals surface area contributed by atoms with Crippen LogP contribution in [-0.2, 0) is 22.3 Å². The third-order valence-corrected chi connectivity index (χ3v) is 4.40. The first-order chi connectivity index (χ1) is 12.2. The summed E-state index contributed by atoms with van der Waals surface area (Å²) < 4.78 is 40.9. The molecule has 1 aromatic heterocycles. The number of nitrogens with zero attached hydrogens (tertiary/aromatic N) is 3. The summed E-state index contributed by atoms with van der Waals surface area (Å²) in [6.45, 7) is 0.920. The van der Waals surface area contributed by atoms with Gasteiger partial charge in [0.25, 0.3) is 0 Å². The lowest BCUT2D eigenvalue weighted by Crippen LogP contribution is -2.40. The zero-order chi connectivity index (χ0) is 19.1. The molecule has 0 saturated heterocycles. The molecular weight excluding hydrogens is 351 g/mol. The van der Waals surface area contributed by atoms with Crippen molar-refractivity contribution in [3.8, 4) is 0 Å². The minimum atomic E-state index is -4.70. The van der Waals surface area contributed by atoms with Gasteiger partial charge in [0.05, 0.1) is 17.0 Å². The first-order valence-corrected chi connectivity index (χ1v) is 8.23. The minimum Gasteiger partial charge on any atom is -0.481 e. The fraction of sp³-hybridized carbons (Fsp3) is 0.471. The maximum absolute atomic E-state index is 13.3. The Bertz CT molecular complexity index is 843. The van der Waals surface area contributed by atoms with Crippen LogP contribution in [0.15, 0.2) is 24.3 Å². The van der Waals surface area contributed by atoms with Crippen molar-refractivity contribution < 1.29 is 27.9 Å². The molecule has 3 rings (SSSR count). The molecule has 6 nitrogen and oxygen atoms in total. The molecule has 1 amide bonds. The number of hydrogen-bond donors (Lipinski definition) is 1. The van der Waals surface area contributed by atoms with E-state index >= 15 is 0 Å². The number of aliphatic carboxylic acids is 1. The molecule has 9 heteroatoms. The third kappa shape index (κ3) is 3.66. The number of imidazole rings is 1. The van der Waals surface area contributed by atoms with Crippen molar-refractivity contribution in [2.24, 2.45) is 5.92 Å². The van der Waals surface area contributed by atoms with Crippen LogP contribution in [0.1, 0.15) is 25.6 Å². The molecule has 0 aliphatic heterocycles. The van der Waals surface area contributed by atoms with E-state index in [9.17, 15) is 22.8 Å². The number of fused-ring (bicyclic) bond motifs is 1. The summed E-state index contributed by atoms with van der Waals surface area (Å²) >= 11 is 0. The normalized spacial score (nSPS) is 15.8. The molecule has 1 heterocycles. The molecule has 0 spiro atoms. The summed E-state index contributed by atoms with van der Waals surface area (Å²) in [5.41, 5.74) is 0.375. The number of para-hydroxylation sites is 2. The number of amides is 1. The minimum absolute atomic E-state index is 0.0210. The molecular formula is C17H18F3N3O3. The highest BCUT2D eigenvalue weighted by atomic mass is 19.4. The number of hydrogen-bond acceptors (Lipinski definition) is 3. The van der Waals surface area contributed by atoms with Crippen molar-refractivity contribution in [1.29, 1.82) is 0 Å². The van der Waals surface area contributed by atoms with Crippen LogP contribution in [0.2, 0.25) is 0 Å². The average molecular weight is 369 g/mol. The molecule has 0 bridgehead atoms. The number of rotatable bonds is 6. The molecule has 2 aromatic rings. The Morgan fingerprint density at radius 3 is 2.58 bits per heavy atom. The van der Waals surface area contributed by atoms with Crippen LogP contribution >= 0.6 is 0 Å². The summed E-state index contributed by atoms with van der Waals surface area (Å²) in [4.78, 5) is 28.8. The SMILES string of the molecule is CC(CN(C(=O)Cn1c(C(F)(F)F)nc2ccccc21)C1CC1)C(=O)O. The van der Waals surface area contributed by atoms with Crippen LogP contribution in [0.5, 0.6) is 0 Å². The van der Waals surface area contributed by atoms with E-state index in [-0.39, 0.29) is 23.6 Å². The van der Waals surface area contributed by atoms with E-state index in [1.807, 2.05) is 0 Å². The summed E-state index contributed by atoms with van der Waals surface area (Å²) in [5.74, 6) is -3.50. The molecule has 1 N–H and O–H groups in total. The van der Waals surface area contributed by atoms with Gasteiger partial charge < -0.3 is 14.6 Å². The quantitative estimate of drug-likeness (QED) is 0.850. The number of alkyl halides is 3. The maximum atomic E-state index is 13.3. The second kappa shape index (κ2) is 6.62. The van der Waals surface area contributed by atoms with E-state index in [0.717, 1.165) is 17.4 Å². The van der Waals surface area contributed by atoms with Crippen molar-refractivity contribution in [3.63, 3.8) is 0 Å². The predicted octanol–water partition coefficient (Wildman–Crippen LogP) is 2.77. The zero-order valence-electron chi connectivity index (χ0n) is 14.0. The van der Waals surface area contributed by atoms with E-state index < -0.39 is 36.3 Å². The fourth-order valence-electron chi connectivity index (χ4n) is 2.89. The molecule has 0 radical (unpaired) electrons. The van der Waals surface area contributed by atoms with Gasteiger partial charge in [-0.05, 0) is 25.0 Å². The molecule has 1 aromatic carbocycles. The molecule has 1 aliphatic carbocycles. The molecule has 1 aliphatic rings. The van der Waals surface area contributed by atoms with Crippen LogP contribution < -0.4 is 0 Å². The van der Waals surface area contributed by atoms with E-state index in [2.05, 4.69) is 4.98 Å². The van der Waals surface area contributed by atoms with Gasteiger partial charge in [-0.25, -0.2) is 4.98 Å². The molecule has 26 heavy (non-hydrogen) atoms. The lowest BCUT2D eigenvalue weighted by molar-refractivity contribution is -0.148. The van der Waals surface area contributed by atoms with Crippen molar-refractivity contribution in [1.82, 2.24) is 14.5 Å². The smallest absolute Gasteiger partial charge is 0.449 e. The van der Waals surface area contributed by atoms with Gasteiger partial charge in [0.1, 0.15) is 6.54 Å². The van der Waals surface area contributed by atoms with Crippen LogP contribution in [0.4, 0.5) is 13.2 Å². The Kier molecular flexibility index (Phi) is 4.64. The van der Waals surface area contributed by atoms with Crippen molar-refractivity contribution >= 4 is 22.9 Å². The van der Waals surface area contributed by atoms with E-state index in [1.54, 1.807) is 12.1 Å². The van der Waals surface area contributed by atoms with Crippen molar-refractivity contribution in [2.75, 3.05) is 6.54 Å². The lowest BCUT2D eigenvalue weighted by Gasteiger charge is -2.25. The first-order valence-electron chi connectivity index (χ1n) is 8.23. The Morgan fingerprint density at radius 2 is 2.00 bits per heavy atom. The average Bonchev–Trinajstić information content (AvgIpc) is 3.33. The number of carboxylic acid groups (broad SMARTS) is 1. The van der Waals surface area contributed by atoms with Crippen molar-refractivity contribution in [3.05, 3.63) is 30.1 Å². The highest BCUT2D eigenvalue weighted by Crippen LogP contribution is 2.32. The maximum Gasteiger partial charge on any atom is 0.449 e. The van der Waals surface area contributed by atoms with Crippen LogP contribution in [0.25, 0.3) is 11.0 Å². The number of carbonyl (C=O) groups excluding carboxylic acids is 1. The van der Waals surface area contributed by atoms with Gasteiger partial charge in [0.2, 0.25) is 11.7 Å². The Balaban J connectivity index is 1.91. The zero-order valence-corrected chi connectivity index (χ0v) is 14.0. The number of aromatic nitrogens is 2. The van der Waals surface area contributed by atoms with Crippen LogP contribution in [0, 0.1) is 5.92 Å². The van der Waals surface area contributed by atoms with Crippen molar-refractivity contribution in [2.45, 2.75) is 38.5 Å². The van der Waals surface area contributed by atoms with Gasteiger partial charge in [-0.3, -0.25) is 9.59 Å². The van der Waals surface area contributed by atoms with E-state index in [4.69, 9.17) is 5.11 Å². The Morgan fingerprint density at radius 1 is 1.35 bits per heavy atom. The Hall–Kier alpha value is -2.58. The summed E-state index contributed by atoms with van der Waals surface area (Å²) in [5, 5.41) is 9.06. The second-order valence-corrected chi connectivity index (χ2v) is 6.52. The van der Waals surface area contributed by atoms with E-state index in [0.29, 0.717) is 0 Å². The van der Waals surface area contributed by atoms with Gasteiger partial charge in [-0.1, -0.05) is 19.1 Å². The van der Waals surface area contributed by atoms with Crippen LogP contribution in [0.3, 0.4) is 0 Å².